The summed E-state index contributed by atoms with van der Waals surface area (Å²) in [6.07, 6.45) is 7.72. The van der Waals surface area contributed by atoms with Crippen LogP contribution in [0.25, 0.3) is 0 Å². The lowest BCUT2D eigenvalue weighted by molar-refractivity contribution is -0.142. The molecule has 2 heterocycles. The molecule has 1 aromatic carbocycles. The van der Waals surface area contributed by atoms with Crippen LogP contribution in [0.5, 0.6) is 0 Å². The molecule has 1 amide bonds. The van der Waals surface area contributed by atoms with E-state index in [1.165, 1.54) is 11.8 Å². The first-order valence-electron chi connectivity index (χ1n) is 11.9. The van der Waals surface area contributed by atoms with E-state index >= 15 is 0 Å². The first-order valence-corrected chi connectivity index (χ1v) is 13.8. The van der Waals surface area contributed by atoms with E-state index < -0.39 is 10.0 Å². The van der Waals surface area contributed by atoms with E-state index in [2.05, 4.69) is 29.0 Å². The number of hydrogen-bond acceptors (Lipinski definition) is 5. The van der Waals surface area contributed by atoms with Crippen LogP contribution >= 0.6 is 0 Å². The molecule has 0 radical (unpaired) electrons. The molecule has 1 aromatic rings. The molecule has 0 aromatic heterocycles. The topological polar surface area (TPSA) is 84.9 Å². The Hall–Kier alpha value is -1.48. The van der Waals surface area contributed by atoms with Crippen molar-refractivity contribution in [2.75, 3.05) is 32.6 Å². The molecular formula is C24H36N2O5S. The molecule has 0 bridgehead atoms. The molecule has 1 saturated carbocycles. The number of nitrogens with one attached hydrogen (secondary N) is 1. The minimum absolute atomic E-state index is 0.0730. The third-order valence-corrected chi connectivity index (χ3v) is 7.89. The number of benzene rings is 1. The molecule has 2 saturated heterocycles. The van der Waals surface area contributed by atoms with Gasteiger partial charge in [0.05, 0.1) is 37.5 Å². The van der Waals surface area contributed by atoms with Gasteiger partial charge in [-0.25, -0.2) is 13.1 Å². The Balaban J connectivity index is 1.38. The largest absolute Gasteiger partial charge is 0.381 e. The molecule has 1 N–H and O–H groups in total. The molecule has 8 heteroatoms. The van der Waals surface area contributed by atoms with E-state index in [9.17, 15) is 13.2 Å². The number of carbonyl (C=O) groups excluding carboxylic acids is 1. The van der Waals surface area contributed by atoms with Crippen molar-refractivity contribution in [1.29, 1.82) is 0 Å². The minimum atomic E-state index is -3.37. The van der Waals surface area contributed by atoms with Gasteiger partial charge in [0.25, 0.3) is 0 Å². The van der Waals surface area contributed by atoms with Gasteiger partial charge in [0, 0.05) is 19.2 Å². The van der Waals surface area contributed by atoms with Crippen LogP contribution in [-0.4, -0.2) is 70.0 Å². The van der Waals surface area contributed by atoms with E-state index in [1.807, 2.05) is 11.0 Å². The fraction of sp³-hybridized carbons (Fsp3) is 0.708. The predicted octanol–water partition coefficient (Wildman–Crippen LogP) is 2.67. The fourth-order valence-corrected chi connectivity index (χ4v) is 6.26. The van der Waals surface area contributed by atoms with Gasteiger partial charge >= 0.3 is 0 Å². The lowest BCUT2D eigenvalue weighted by atomic mass is 9.83. The number of ether oxygens (including phenoxy) is 2. The number of hydrogen-bond donors (Lipinski definition) is 1. The van der Waals surface area contributed by atoms with Gasteiger partial charge in [0.2, 0.25) is 15.9 Å². The van der Waals surface area contributed by atoms with Gasteiger partial charge in [0.15, 0.2) is 0 Å². The average Bonchev–Trinajstić information content (AvgIpc) is 3.32. The van der Waals surface area contributed by atoms with Crippen molar-refractivity contribution < 1.29 is 22.7 Å². The Morgan fingerprint density at radius 2 is 1.88 bits per heavy atom. The number of likely N-dealkylation sites (tertiary alicyclic amines) is 1. The maximum atomic E-state index is 13.2. The molecule has 178 valence electrons. The van der Waals surface area contributed by atoms with Gasteiger partial charge in [-0.05, 0) is 56.4 Å². The lowest BCUT2D eigenvalue weighted by Crippen LogP contribution is -2.60. The SMILES string of the molecule is CS(=O)(=O)N[C@H]1CCCN(C(=O)[C@H]2CCOC2)[C@H]1COC1CCC(c2ccccc2)CC1. The monoisotopic (exact) mass is 464 g/mol. The summed E-state index contributed by atoms with van der Waals surface area (Å²) in [5.41, 5.74) is 1.39. The van der Waals surface area contributed by atoms with Gasteiger partial charge < -0.3 is 14.4 Å². The van der Waals surface area contributed by atoms with E-state index in [4.69, 9.17) is 9.47 Å². The normalized spacial score (nSPS) is 31.5. The molecule has 3 atom stereocenters. The summed E-state index contributed by atoms with van der Waals surface area (Å²) in [5, 5.41) is 0. The average molecular weight is 465 g/mol. The lowest BCUT2D eigenvalue weighted by Gasteiger charge is -2.43. The number of piperidine rings is 1. The molecule has 7 nitrogen and oxygen atoms in total. The van der Waals surface area contributed by atoms with Crippen molar-refractivity contribution in [3.8, 4) is 0 Å². The van der Waals surface area contributed by atoms with Crippen LogP contribution in [0.1, 0.15) is 56.4 Å². The quantitative estimate of drug-likeness (QED) is 0.671. The zero-order chi connectivity index (χ0) is 22.6. The minimum Gasteiger partial charge on any atom is -0.381 e. The van der Waals surface area contributed by atoms with Gasteiger partial charge in [0.1, 0.15) is 0 Å². The second-order valence-electron chi connectivity index (χ2n) is 9.52. The number of sulfonamides is 1. The van der Waals surface area contributed by atoms with Crippen molar-refractivity contribution in [3.05, 3.63) is 35.9 Å². The first-order chi connectivity index (χ1) is 15.4. The summed E-state index contributed by atoms with van der Waals surface area (Å²) in [7, 11) is -3.37. The van der Waals surface area contributed by atoms with Crippen LogP contribution in [0, 0.1) is 5.92 Å². The fourth-order valence-electron chi connectivity index (χ4n) is 5.44. The molecule has 0 spiro atoms. The van der Waals surface area contributed by atoms with E-state index in [0.29, 0.717) is 38.7 Å². The van der Waals surface area contributed by atoms with Crippen molar-refractivity contribution in [2.45, 2.75) is 69.1 Å². The molecule has 2 aliphatic heterocycles. The van der Waals surface area contributed by atoms with Crippen molar-refractivity contribution in [2.24, 2.45) is 5.92 Å². The van der Waals surface area contributed by atoms with E-state index in [1.54, 1.807) is 0 Å². The molecule has 3 fully saturated rings. The maximum Gasteiger partial charge on any atom is 0.228 e. The van der Waals surface area contributed by atoms with Gasteiger partial charge in [-0.2, -0.15) is 0 Å². The van der Waals surface area contributed by atoms with Gasteiger partial charge in [-0.1, -0.05) is 30.3 Å². The number of amides is 1. The van der Waals surface area contributed by atoms with Crippen LogP contribution in [0.4, 0.5) is 0 Å². The Kier molecular flexibility index (Phi) is 7.87. The van der Waals surface area contributed by atoms with Crippen LogP contribution in [-0.2, 0) is 24.3 Å². The first kappa shape index (κ1) is 23.7. The number of carbonyl (C=O) groups is 1. The predicted molar refractivity (Wildman–Crippen MR) is 123 cm³/mol. The Morgan fingerprint density at radius 1 is 1.12 bits per heavy atom. The Labute approximate surface area is 191 Å². The third-order valence-electron chi connectivity index (χ3n) is 7.15. The second kappa shape index (κ2) is 10.6. The third kappa shape index (κ3) is 6.10. The van der Waals surface area contributed by atoms with E-state index in [-0.39, 0.29) is 30.0 Å². The van der Waals surface area contributed by atoms with Crippen molar-refractivity contribution in [3.63, 3.8) is 0 Å². The smallest absolute Gasteiger partial charge is 0.228 e. The standard InChI is InChI=1S/C24H36N2O5S/c1-32(28,29)25-22-8-5-14-26(24(27)20-13-15-30-16-20)23(22)17-31-21-11-9-19(10-12-21)18-6-3-2-4-7-18/h2-4,6-7,19-23,25H,5,8-17H2,1H3/t19?,20-,21?,22-,23-/m0/s1. The number of nitrogens with zero attached hydrogens (tertiary/aromatic N) is 1. The van der Waals surface area contributed by atoms with E-state index in [0.717, 1.165) is 38.5 Å². The zero-order valence-electron chi connectivity index (χ0n) is 18.9. The van der Waals surface area contributed by atoms with Crippen molar-refractivity contribution >= 4 is 15.9 Å². The van der Waals surface area contributed by atoms with Gasteiger partial charge in [-0.15, -0.1) is 0 Å². The summed E-state index contributed by atoms with van der Waals surface area (Å²) < 4.78 is 38.5. The molecule has 32 heavy (non-hydrogen) atoms. The molecule has 3 aliphatic rings. The summed E-state index contributed by atoms with van der Waals surface area (Å²) >= 11 is 0. The van der Waals surface area contributed by atoms with Gasteiger partial charge in [-0.3, -0.25) is 4.79 Å². The number of rotatable bonds is 7. The summed E-state index contributed by atoms with van der Waals surface area (Å²) in [6, 6.07) is 10.0. The second-order valence-corrected chi connectivity index (χ2v) is 11.3. The summed E-state index contributed by atoms with van der Waals surface area (Å²) in [5.74, 6) is 0.519. The summed E-state index contributed by atoms with van der Waals surface area (Å²) in [4.78, 5) is 15.0. The van der Waals surface area contributed by atoms with Crippen LogP contribution < -0.4 is 4.72 Å². The van der Waals surface area contributed by atoms with Crippen LogP contribution in [0.3, 0.4) is 0 Å². The molecule has 4 rings (SSSR count). The highest BCUT2D eigenvalue weighted by atomic mass is 32.2. The van der Waals surface area contributed by atoms with Crippen LogP contribution in [0.2, 0.25) is 0 Å². The highest BCUT2D eigenvalue weighted by Crippen LogP contribution is 2.34. The Morgan fingerprint density at radius 3 is 2.53 bits per heavy atom. The molecular weight excluding hydrogens is 428 g/mol. The summed E-state index contributed by atoms with van der Waals surface area (Å²) in [6.45, 7) is 2.08. The van der Waals surface area contributed by atoms with Crippen LogP contribution in [0.15, 0.2) is 30.3 Å². The van der Waals surface area contributed by atoms with Crippen molar-refractivity contribution in [1.82, 2.24) is 9.62 Å². The zero-order valence-corrected chi connectivity index (χ0v) is 19.8. The maximum absolute atomic E-state index is 13.2. The highest BCUT2D eigenvalue weighted by Gasteiger charge is 2.39. The molecule has 0 unspecified atom stereocenters. The highest BCUT2D eigenvalue weighted by molar-refractivity contribution is 7.88. The Bertz CT molecular complexity index is 848. The molecule has 1 aliphatic carbocycles.